The van der Waals surface area contributed by atoms with Gasteiger partial charge in [-0.15, -0.1) is 12.4 Å². The summed E-state index contributed by atoms with van der Waals surface area (Å²) in [6, 6.07) is 1.67. The van der Waals surface area contributed by atoms with E-state index in [1.807, 2.05) is 23.4 Å². The zero-order chi connectivity index (χ0) is 21.4. The lowest BCUT2D eigenvalue weighted by Gasteiger charge is -2.31. The van der Waals surface area contributed by atoms with Gasteiger partial charge in [0.15, 0.2) is 5.65 Å². The minimum absolute atomic E-state index is 0. The molecule has 10 heteroatoms. The summed E-state index contributed by atoms with van der Waals surface area (Å²) in [5.74, 6) is -2.10. The van der Waals surface area contributed by atoms with Crippen molar-refractivity contribution in [1.29, 1.82) is 0 Å². The van der Waals surface area contributed by atoms with E-state index in [2.05, 4.69) is 10.4 Å². The summed E-state index contributed by atoms with van der Waals surface area (Å²) >= 11 is 0. The third kappa shape index (κ3) is 3.83. The first-order chi connectivity index (χ1) is 14.8. The number of carbonyl (C=O) groups excluding carboxylic acids is 1. The van der Waals surface area contributed by atoms with Crippen molar-refractivity contribution in [3.63, 3.8) is 0 Å². The van der Waals surface area contributed by atoms with Crippen LogP contribution in [0.4, 0.5) is 13.6 Å². The Morgan fingerprint density at radius 3 is 2.47 bits per heavy atom. The Morgan fingerprint density at radius 1 is 1.12 bits per heavy atom. The van der Waals surface area contributed by atoms with Gasteiger partial charge in [-0.3, -0.25) is 0 Å². The lowest BCUT2D eigenvalue weighted by molar-refractivity contribution is -0.0484. The highest BCUT2D eigenvalue weighted by Gasteiger charge is 2.54. The van der Waals surface area contributed by atoms with Gasteiger partial charge in [0.25, 0.3) is 0 Å². The van der Waals surface area contributed by atoms with Gasteiger partial charge < -0.3 is 16.0 Å². The highest BCUT2D eigenvalue weighted by molar-refractivity contribution is 5.85. The molecule has 1 spiro atoms. The summed E-state index contributed by atoms with van der Waals surface area (Å²) < 4.78 is 28.7. The van der Waals surface area contributed by atoms with E-state index in [-0.39, 0.29) is 54.8 Å². The number of aromatic nitrogens is 3. The van der Waals surface area contributed by atoms with E-state index in [4.69, 9.17) is 10.7 Å². The van der Waals surface area contributed by atoms with Crippen LogP contribution in [0.15, 0.2) is 18.5 Å². The van der Waals surface area contributed by atoms with Crippen LogP contribution in [0.2, 0.25) is 0 Å². The second-order valence-electron chi connectivity index (χ2n) is 10.1. The van der Waals surface area contributed by atoms with Crippen LogP contribution in [-0.4, -0.2) is 43.5 Å². The molecule has 1 unspecified atom stereocenters. The van der Waals surface area contributed by atoms with Crippen LogP contribution in [0.3, 0.4) is 0 Å². The number of fused-ring (bicyclic) bond motifs is 1. The average Bonchev–Trinajstić information content (AvgIpc) is 3.63. The maximum atomic E-state index is 13.5. The number of hydrogen-bond donors (Lipinski definition) is 2. The first kappa shape index (κ1) is 21.8. The van der Waals surface area contributed by atoms with Crippen molar-refractivity contribution in [2.45, 2.75) is 74.9 Å². The molecule has 0 bridgehead atoms. The molecule has 3 N–H and O–H groups in total. The van der Waals surface area contributed by atoms with Gasteiger partial charge in [-0.25, -0.2) is 23.1 Å². The first-order valence-corrected chi connectivity index (χ1v) is 11.4. The summed E-state index contributed by atoms with van der Waals surface area (Å²) in [5, 5.41) is 7.71. The Bertz CT molecular complexity index is 1030. The number of amides is 2. The van der Waals surface area contributed by atoms with Crippen molar-refractivity contribution in [3.8, 4) is 0 Å². The molecule has 174 valence electrons. The normalized spacial score (nSPS) is 26.1. The number of rotatable bonds is 5. The molecule has 6 rings (SSSR count). The molecule has 1 aliphatic heterocycles. The third-order valence-electron chi connectivity index (χ3n) is 7.68. The molecular formula is C22H29ClF2N6O. The Balaban J connectivity index is 0.00000216. The van der Waals surface area contributed by atoms with E-state index < -0.39 is 5.92 Å². The van der Waals surface area contributed by atoms with Crippen molar-refractivity contribution >= 4 is 24.1 Å². The Kier molecular flexibility index (Phi) is 5.13. The van der Waals surface area contributed by atoms with Crippen molar-refractivity contribution in [2.24, 2.45) is 17.6 Å². The SMILES string of the molecule is Cl.NC(c1cn2ncc([C@@H](C3CC3)N3CC4(CC4)NC3=O)cc2n1)C1CCC(F)(F)CC1. The van der Waals surface area contributed by atoms with E-state index in [0.717, 1.165) is 37.8 Å². The average molecular weight is 467 g/mol. The molecule has 3 aliphatic carbocycles. The predicted molar refractivity (Wildman–Crippen MR) is 117 cm³/mol. The van der Waals surface area contributed by atoms with Crippen LogP contribution in [0.25, 0.3) is 5.65 Å². The molecule has 4 fully saturated rings. The monoisotopic (exact) mass is 466 g/mol. The number of hydrogen-bond acceptors (Lipinski definition) is 4. The van der Waals surface area contributed by atoms with E-state index in [9.17, 15) is 13.6 Å². The van der Waals surface area contributed by atoms with Crippen LogP contribution in [0.1, 0.15) is 74.7 Å². The molecule has 2 amide bonds. The smallest absolute Gasteiger partial charge is 0.318 e. The zero-order valence-corrected chi connectivity index (χ0v) is 18.7. The number of nitrogens with two attached hydrogens (primary N) is 1. The van der Waals surface area contributed by atoms with Crippen LogP contribution in [0, 0.1) is 11.8 Å². The van der Waals surface area contributed by atoms with E-state index in [1.54, 1.807) is 4.52 Å². The predicted octanol–water partition coefficient (Wildman–Crippen LogP) is 3.99. The van der Waals surface area contributed by atoms with Crippen LogP contribution >= 0.6 is 12.4 Å². The van der Waals surface area contributed by atoms with Gasteiger partial charge in [0.1, 0.15) is 0 Å². The number of nitrogens with one attached hydrogen (secondary N) is 1. The van der Waals surface area contributed by atoms with Gasteiger partial charge in [-0.1, -0.05) is 0 Å². The molecule has 0 aromatic carbocycles. The van der Waals surface area contributed by atoms with Crippen molar-refractivity contribution in [1.82, 2.24) is 24.8 Å². The molecule has 3 heterocycles. The van der Waals surface area contributed by atoms with Gasteiger partial charge in [-0.2, -0.15) is 5.10 Å². The summed E-state index contributed by atoms with van der Waals surface area (Å²) in [6.45, 7) is 0.759. The van der Waals surface area contributed by atoms with Gasteiger partial charge in [0.05, 0.1) is 35.7 Å². The third-order valence-corrected chi connectivity index (χ3v) is 7.68. The van der Waals surface area contributed by atoms with Gasteiger partial charge in [0.2, 0.25) is 5.92 Å². The van der Waals surface area contributed by atoms with Crippen LogP contribution in [-0.2, 0) is 0 Å². The topological polar surface area (TPSA) is 88.5 Å². The fourth-order valence-electron chi connectivity index (χ4n) is 5.41. The minimum Gasteiger partial charge on any atom is -0.331 e. The molecule has 3 saturated carbocycles. The molecule has 2 aromatic rings. The molecule has 2 aromatic heterocycles. The molecule has 32 heavy (non-hydrogen) atoms. The summed E-state index contributed by atoms with van der Waals surface area (Å²) in [4.78, 5) is 19.3. The summed E-state index contributed by atoms with van der Waals surface area (Å²) in [6.07, 6.45) is 8.59. The second-order valence-corrected chi connectivity index (χ2v) is 10.1. The second kappa shape index (κ2) is 7.52. The molecule has 1 saturated heterocycles. The molecule has 0 radical (unpaired) electrons. The number of halogens is 3. The zero-order valence-electron chi connectivity index (χ0n) is 17.8. The number of carbonyl (C=O) groups is 1. The highest BCUT2D eigenvalue weighted by Crippen LogP contribution is 2.49. The quantitative estimate of drug-likeness (QED) is 0.697. The van der Waals surface area contributed by atoms with E-state index in [1.165, 1.54) is 0 Å². The standard InChI is InChI=1S/C22H28F2N6O.ClH/c23-22(24)5-3-13(4-6-22)18(25)16-11-30-17(27-16)9-15(10-26-30)19(14-1-2-14)29-12-21(7-8-21)28-20(29)31;/h9-11,13-14,18-19H,1-8,12,25H2,(H,28,31);1H/t18?,19-;/m1./s1. The molecule has 2 atom stereocenters. The maximum Gasteiger partial charge on any atom is 0.318 e. The van der Waals surface area contributed by atoms with Crippen LogP contribution in [0.5, 0.6) is 0 Å². The first-order valence-electron chi connectivity index (χ1n) is 11.4. The maximum absolute atomic E-state index is 13.5. The summed E-state index contributed by atoms with van der Waals surface area (Å²) in [5.41, 5.74) is 8.80. The Hall–Kier alpha value is -2.00. The lowest BCUT2D eigenvalue weighted by atomic mass is 9.81. The molecule has 7 nitrogen and oxygen atoms in total. The number of alkyl halides is 2. The van der Waals surface area contributed by atoms with Gasteiger partial charge >= 0.3 is 6.03 Å². The molecule has 4 aliphatic rings. The summed E-state index contributed by atoms with van der Waals surface area (Å²) in [7, 11) is 0. The lowest BCUT2D eigenvalue weighted by Crippen LogP contribution is -2.33. The Morgan fingerprint density at radius 2 is 1.84 bits per heavy atom. The van der Waals surface area contributed by atoms with Crippen molar-refractivity contribution in [3.05, 3.63) is 29.7 Å². The highest BCUT2D eigenvalue weighted by atomic mass is 35.5. The largest absolute Gasteiger partial charge is 0.331 e. The van der Waals surface area contributed by atoms with Gasteiger partial charge in [0, 0.05) is 19.4 Å². The van der Waals surface area contributed by atoms with E-state index in [0.29, 0.717) is 30.1 Å². The number of imidazole rings is 1. The number of urea groups is 1. The fourth-order valence-corrected chi connectivity index (χ4v) is 5.41. The fraction of sp³-hybridized carbons (Fsp3) is 0.682. The van der Waals surface area contributed by atoms with Crippen molar-refractivity contribution < 1.29 is 13.6 Å². The Labute approximate surface area is 191 Å². The van der Waals surface area contributed by atoms with Crippen molar-refractivity contribution in [2.75, 3.05) is 6.54 Å². The molecular weight excluding hydrogens is 438 g/mol. The number of nitrogens with zero attached hydrogens (tertiary/aromatic N) is 4. The minimum atomic E-state index is -2.57. The van der Waals surface area contributed by atoms with Crippen LogP contribution < -0.4 is 11.1 Å². The van der Waals surface area contributed by atoms with E-state index >= 15 is 0 Å². The van der Waals surface area contributed by atoms with Gasteiger partial charge in [-0.05, 0) is 62.0 Å².